The van der Waals surface area contributed by atoms with Crippen molar-refractivity contribution < 1.29 is 35.1 Å². The van der Waals surface area contributed by atoms with Crippen molar-refractivity contribution in [1.29, 1.82) is 0 Å². The number of alkyl halides is 3. The van der Waals surface area contributed by atoms with Crippen LogP contribution in [0, 0.1) is 22.9 Å². The van der Waals surface area contributed by atoms with Gasteiger partial charge in [-0.15, -0.1) is 0 Å². The molecule has 0 aliphatic carbocycles. The van der Waals surface area contributed by atoms with E-state index in [-0.39, 0.29) is 5.56 Å². The molecule has 0 atom stereocenters. The van der Waals surface area contributed by atoms with Gasteiger partial charge in [0.1, 0.15) is 10.7 Å². The van der Waals surface area contributed by atoms with Gasteiger partial charge in [-0.25, -0.2) is 4.39 Å². The van der Waals surface area contributed by atoms with E-state index in [0.29, 0.717) is 24.3 Å². The Labute approximate surface area is 138 Å². The van der Waals surface area contributed by atoms with E-state index in [9.17, 15) is 36.1 Å². The third-order valence-electron chi connectivity index (χ3n) is 3.12. The molecule has 0 bridgehead atoms. The molecule has 0 amide bonds. The lowest BCUT2D eigenvalue weighted by molar-refractivity contribution is -0.385. The lowest BCUT2D eigenvalue weighted by Gasteiger charge is -2.13. The average Bonchev–Trinajstić information content (AvgIpc) is 2.45. The van der Waals surface area contributed by atoms with Gasteiger partial charge in [-0.2, -0.15) is 21.6 Å². The minimum absolute atomic E-state index is 0.219. The van der Waals surface area contributed by atoms with E-state index in [1.54, 1.807) is 0 Å². The molecule has 6 nitrogen and oxygen atoms in total. The zero-order valence-corrected chi connectivity index (χ0v) is 13.2. The average molecular weight is 379 g/mol. The summed E-state index contributed by atoms with van der Waals surface area (Å²) in [4.78, 5) is 8.96. The second kappa shape index (κ2) is 6.31. The molecule has 0 aliphatic heterocycles. The van der Waals surface area contributed by atoms with Crippen molar-refractivity contribution in [3.8, 4) is 5.75 Å². The third-order valence-corrected chi connectivity index (χ3v) is 4.35. The van der Waals surface area contributed by atoms with Crippen LogP contribution in [0.4, 0.5) is 23.2 Å². The van der Waals surface area contributed by atoms with E-state index < -0.39 is 48.9 Å². The number of nitrogens with zero attached hydrogens (tertiary/aromatic N) is 1. The van der Waals surface area contributed by atoms with E-state index in [0.717, 1.165) is 19.1 Å². The number of rotatable bonds is 4. The first-order chi connectivity index (χ1) is 11.4. The minimum atomic E-state index is -4.86. The molecule has 0 fully saturated rings. The number of nitro benzene ring substituents is 1. The summed E-state index contributed by atoms with van der Waals surface area (Å²) in [6.45, 7) is 1.14. The number of aryl methyl sites for hydroxylation is 1. The number of halogens is 4. The smallest absolute Gasteiger partial charge is 0.371 e. The second-order valence-electron chi connectivity index (χ2n) is 4.88. The van der Waals surface area contributed by atoms with Crippen molar-refractivity contribution in [1.82, 2.24) is 0 Å². The molecule has 0 saturated carbocycles. The Balaban J connectivity index is 2.51. The number of benzene rings is 2. The Morgan fingerprint density at radius 1 is 1.12 bits per heavy atom. The highest BCUT2D eigenvalue weighted by atomic mass is 32.2. The summed E-state index contributed by atoms with van der Waals surface area (Å²) in [5.74, 6) is -1.96. The first kappa shape index (κ1) is 18.6. The Hall–Kier alpha value is -2.69. The van der Waals surface area contributed by atoms with Gasteiger partial charge in [-0.3, -0.25) is 10.1 Å². The van der Waals surface area contributed by atoms with E-state index in [1.807, 2.05) is 0 Å². The van der Waals surface area contributed by atoms with Crippen molar-refractivity contribution >= 4 is 15.8 Å². The third kappa shape index (κ3) is 4.05. The van der Waals surface area contributed by atoms with Crippen LogP contribution in [-0.4, -0.2) is 13.3 Å². The maximum absolute atomic E-state index is 13.2. The lowest BCUT2D eigenvalue weighted by Crippen LogP contribution is -2.14. The fourth-order valence-electron chi connectivity index (χ4n) is 1.93. The first-order valence-electron chi connectivity index (χ1n) is 6.48. The normalized spacial score (nSPS) is 12.0. The zero-order chi connectivity index (χ0) is 19.0. The highest BCUT2D eigenvalue weighted by molar-refractivity contribution is 7.87. The predicted octanol–water partition coefficient (Wildman–Crippen LogP) is 3.83. The molecule has 0 radical (unpaired) electrons. The lowest BCUT2D eigenvalue weighted by atomic mass is 10.1. The quantitative estimate of drug-likeness (QED) is 0.349. The van der Waals surface area contributed by atoms with Crippen molar-refractivity contribution in [3.63, 3.8) is 0 Å². The molecule has 2 rings (SSSR count). The second-order valence-corrected chi connectivity index (χ2v) is 6.43. The van der Waals surface area contributed by atoms with Crippen molar-refractivity contribution in [2.45, 2.75) is 18.0 Å². The summed E-state index contributed by atoms with van der Waals surface area (Å²) in [5.41, 5.74) is -2.28. The Morgan fingerprint density at radius 3 is 2.32 bits per heavy atom. The fourth-order valence-corrected chi connectivity index (χ4v) is 2.90. The highest BCUT2D eigenvalue weighted by Gasteiger charge is 2.34. The van der Waals surface area contributed by atoms with Crippen LogP contribution < -0.4 is 4.18 Å². The molecule has 0 saturated heterocycles. The van der Waals surface area contributed by atoms with Crippen molar-refractivity contribution in [3.05, 3.63) is 63.5 Å². The SMILES string of the molecule is Cc1ccc(S(=O)(=O)Oc2cc(F)ccc2[N+](=O)[O-])cc1C(F)(F)F. The van der Waals surface area contributed by atoms with Crippen LogP contribution in [0.15, 0.2) is 41.3 Å². The summed E-state index contributed by atoms with van der Waals surface area (Å²) in [6.07, 6.45) is -4.81. The maximum atomic E-state index is 13.2. The predicted molar refractivity (Wildman–Crippen MR) is 77.0 cm³/mol. The van der Waals surface area contributed by atoms with Crippen LogP contribution in [0.2, 0.25) is 0 Å². The molecule has 11 heteroatoms. The number of hydrogen-bond acceptors (Lipinski definition) is 5. The van der Waals surface area contributed by atoms with Gasteiger partial charge in [0, 0.05) is 12.1 Å². The van der Waals surface area contributed by atoms with Crippen molar-refractivity contribution in [2.75, 3.05) is 0 Å². The van der Waals surface area contributed by atoms with Crippen LogP contribution in [0.1, 0.15) is 11.1 Å². The zero-order valence-electron chi connectivity index (χ0n) is 12.4. The maximum Gasteiger partial charge on any atom is 0.416 e. The largest absolute Gasteiger partial charge is 0.416 e. The molecule has 25 heavy (non-hydrogen) atoms. The van der Waals surface area contributed by atoms with Crippen LogP contribution in [-0.2, 0) is 16.3 Å². The van der Waals surface area contributed by atoms with Crippen LogP contribution in [0.5, 0.6) is 5.75 Å². The van der Waals surface area contributed by atoms with Gasteiger partial charge in [0.05, 0.1) is 10.5 Å². The van der Waals surface area contributed by atoms with E-state index in [4.69, 9.17) is 0 Å². The van der Waals surface area contributed by atoms with Gasteiger partial charge in [0.25, 0.3) is 0 Å². The molecule has 2 aromatic rings. The van der Waals surface area contributed by atoms with Gasteiger partial charge in [-0.1, -0.05) is 6.07 Å². The van der Waals surface area contributed by atoms with E-state index in [1.165, 1.54) is 0 Å². The molecule has 134 valence electrons. The highest BCUT2D eigenvalue weighted by Crippen LogP contribution is 2.35. The summed E-state index contributed by atoms with van der Waals surface area (Å²) in [5, 5.41) is 10.8. The van der Waals surface area contributed by atoms with Gasteiger partial charge in [0.15, 0.2) is 0 Å². The Bertz CT molecular complexity index is 941. The first-order valence-corrected chi connectivity index (χ1v) is 7.89. The molecule has 0 spiro atoms. The van der Waals surface area contributed by atoms with Gasteiger partial charge in [-0.05, 0) is 30.7 Å². The monoisotopic (exact) mass is 379 g/mol. The van der Waals surface area contributed by atoms with Crippen LogP contribution in [0.25, 0.3) is 0 Å². The molecule has 0 N–H and O–H groups in total. The number of hydrogen-bond donors (Lipinski definition) is 0. The molecular weight excluding hydrogens is 370 g/mol. The minimum Gasteiger partial charge on any atom is -0.371 e. The molecule has 0 aromatic heterocycles. The standard InChI is InChI=1S/C14H9F4NO5S/c1-8-2-4-10(7-11(8)14(16,17)18)25(22,23)24-13-6-9(15)3-5-12(13)19(20)21/h2-7H,1H3. The number of nitro groups is 1. The van der Waals surface area contributed by atoms with Crippen LogP contribution >= 0.6 is 0 Å². The molecular formula is C14H9F4NO5S. The van der Waals surface area contributed by atoms with Crippen molar-refractivity contribution in [2.24, 2.45) is 0 Å². The molecule has 0 heterocycles. The summed E-state index contributed by atoms with van der Waals surface area (Å²) in [7, 11) is -4.86. The Kier molecular flexibility index (Phi) is 4.71. The Morgan fingerprint density at radius 2 is 1.76 bits per heavy atom. The summed E-state index contributed by atoms with van der Waals surface area (Å²) < 4.78 is 80.7. The molecule has 0 aliphatic rings. The van der Waals surface area contributed by atoms with E-state index >= 15 is 0 Å². The topological polar surface area (TPSA) is 86.5 Å². The molecule has 0 unspecified atom stereocenters. The van der Waals surface area contributed by atoms with Gasteiger partial charge < -0.3 is 4.18 Å². The van der Waals surface area contributed by atoms with Crippen LogP contribution in [0.3, 0.4) is 0 Å². The van der Waals surface area contributed by atoms with E-state index in [2.05, 4.69) is 4.18 Å². The summed E-state index contributed by atoms with van der Waals surface area (Å²) >= 11 is 0. The van der Waals surface area contributed by atoms with Gasteiger partial charge in [0.2, 0.25) is 5.75 Å². The fraction of sp³-hybridized carbons (Fsp3) is 0.143. The van der Waals surface area contributed by atoms with Gasteiger partial charge >= 0.3 is 22.0 Å². The molecule has 2 aromatic carbocycles. The summed E-state index contributed by atoms with van der Waals surface area (Å²) in [6, 6.07) is 3.95.